The van der Waals surface area contributed by atoms with Crippen molar-refractivity contribution >= 4 is 5.78 Å². The van der Waals surface area contributed by atoms with E-state index in [1.165, 1.54) is 0 Å². The van der Waals surface area contributed by atoms with Gasteiger partial charge in [-0.05, 0) is 12.5 Å². The zero-order chi connectivity index (χ0) is 8.97. The van der Waals surface area contributed by atoms with Gasteiger partial charge in [-0.15, -0.1) is 6.58 Å². The Kier molecular flexibility index (Phi) is 2.81. The summed E-state index contributed by atoms with van der Waals surface area (Å²) in [6, 6.07) is 7.44. The van der Waals surface area contributed by atoms with Gasteiger partial charge in [0.25, 0.3) is 0 Å². The van der Waals surface area contributed by atoms with E-state index in [0.717, 1.165) is 17.5 Å². The van der Waals surface area contributed by atoms with E-state index >= 15 is 0 Å². The molecule has 1 heteroatoms. The van der Waals surface area contributed by atoms with Crippen LogP contribution in [0.4, 0.5) is 0 Å². The zero-order valence-corrected chi connectivity index (χ0v) is 7.21. The maximum absolute atomic E-state index is 10.7. The highest BCUT2D eigenvalue weighted by Gasteiger charge is 2.17. The Labute approximate surface area is 72.7 Å². The SMILES string of the molecule is C=CCC.O=C1c2cccc1c2. The van der Waals surface area contributed by atoms with Gasteiger partial charge >= 0.3 is 0 Å². The molecule has 0 unspecified atom stereocenters. The number of benzene rings is 1. The van der Waals surface area contributed by atoms with Crippen molar-refractivity contribution in [2.24, 2.45) is 0 Å². The number of hydrogen-bond donors (Lipinski definition) is 0. The molecule has 2 bridgehead atoms. The molecule has 2 aliphatic rings. The van der Waals surface area contributed by atoms with Gasteiger partial charge in [0, 0.05) is 11.1 Å². The Morgan fingerprint density at radius 1 is 1.42 bits per heavy atom. The van der Waals surface area contributed by atoms with E-state index in [1.807, 2.05) is 30.3 Å². The predicted molar refractivity (Wildman–Crippen MR) is 50.4 cm³/mol. The lowest BCUT2D eigenvalue weighted by atomic mass is 9.92. The van der Waals surface area contributed by atoms with Crippen molar-refractivity contribution in [2.45, 2.75) is 13.3 Å². The summed E-state index contributed by atoms with van der Waals surface area (Å²) in [6.07, 6.45) is 2.96. The van der Waals surface area contributed by atoms with Gasteiger partial charge in [0.05, 0.1) is 0 Å². The van der Waals surface area contributed by atoms with E-state index in [-0.39, 0.29) is 5.78 Å². The molecule has 62 valence electrons. The van der Waals surface area contributed by atoms with Crippen LogP contribution in [0.15, 0.2) is 36.9 Å². The third kappa shape index (κ3) is 1.62. The molecule has 1 aromatic rings. The van der Waals surface area contributed by atoms with Gasteiger partial charge in [0.15, 0.2) is 5.78 Å². The molecule has 0 aromatic heterocycles. The number of ketones is 1. The van der Waals surface area contributed by atoms with Crippen LogP contribution in [0, 0.1) is 0 Å². The Bertz CT molecular complexity index is 271. The number of carbonyl (C=O) groups is 1. The zero-order valence-electron chi connectivity index (χ0n) is 7.21. The molecule has 3 rings (SSSR count). The summed E-state index contributed by atoms with van der Waals surface area (Å²) in [6.45, 7) is 5.54. The number of fused-ring (bicyclic) bond motifs is 2. The van der Waals surface area contributed by atoms with Crippen molar-refractivity contribution in [3.63, 3.8) is 0 Å². The van der Waals surface area contributed by atoms with E-state index in [9.17, 15) is 4.79 Å². The highest BCUT2D eigenvalue weighted by Crippen LogP contribution is 2.19. The van der Waals surface area contributed by atoms with Crippen LogP contribution in [0.1, 0.15) is 29.3 Å². The van der Waals surface area contributed by atoms with E-state index in [2.05, 4.69) is 13.5 Å². The first kappa shape index (κ1) is 8.72. The lowest BCUT2D eigenvalue weighted by molar-refractivity contribution is 0.102. The van der Waals surface area contributed by atoms with Crippen LogP contribution in [0.5, 0.6) is 0 Å². The first-order valence-electron chi connectivity index (χ1n) is 4.05. The van der Waals surface area contributed by atoms with E-state index < -0.39 is 0 Å². The summed E-state index contributed by atoms with van der Waals surface area (Å²) in [5, 5.41) is 0. The quantitative estimate of drug-likeness (QED) is 0.586. The summed E-state index contributed by atoms with van der Waals surface area (Å²) in [4.78, 5) is 10.7. The van der Waals surface area contributed by atoms with E-state index in [1.54, 1.807) is 0 Å². The largest absolute Gasteiger partial charge is 0.289 e. The minimum atomic E-state index is 0.201. The molecule has 0 atom stereocenters. The molecular weight excluding hydrogens is 148 g/mol. The smallest absolute Gasteiger partial charge is 0.193 e. The first-order chi connectivity index (χ1) is 5.79. The van der Waals surface area contributed by atoms with Gasteiger partial charge in [-0.2, -0.15) is 0 Å². The monoisotopic (exact) mass is 160 g/mol. The molecule has 0 saturated carbocycles. The van der Waals surface area contributed by atoms with Gasteiger partial charge in [-0.1, -0.05) is 31.2 Å². The van der Waals surface area contributed by atoms with Gasteiger partial charge in [0.1, 0.15) is 0 Å². The Morgan fingerprint density at radius 2 is 1.92 bits per heavy atom. The van der Waals surface area contributed by atoms with Crippen molar-refractivity contribution in [1.82, 2.24) is 0 Å². The molecule has 0 fully saturated rings. The molecule has 0 aliphatic heterocycles. The summed E-state index contributed by atoms with van der Waals surface area (Å²) >= 11 is 0. The van der Waals surface area contributed by atoms with Crippen LogP contribution in [0.25, 0.3) is 0 Å². The van der Waals surface area contributed by atoms with Crippen LogP contribution in [-0.2, 0) is 0 Å². The highest BCUT2D eigenvalue weighted by molar-refractivity contribution is 6.16. The molecule has 0 radical (unpaired) electrons. The molecule has 0 heterocycles. The molecule has 1 nitrogen and oxygen atoms in total. The fraction of sp³-hybridized carbons (Fsp3) is 0.182. The fourth-order valence-electron chi connectivity index (χ4n) is 0.891. The van der Waals surface area contributed by atoms with E-state index in [4.69, 9.17) is 0 Å². The predicted octanol–water partition coefficient (Wildman–Crippen LogP) is 2.81. The Hall–Kier alpha value is -1.37. The second-order valence-electron chi connectivity index (χ2n) is 2.61. The van der Waals surface area contributed by atoms with Crippen LogP contribution in [0.3, 0.4) is 0 Å². The topological polar surface area (TPSA) is 17.1 Å². The van der Waals surface area contributed by atoms with Crippen LogP contribution >= 0.6 is 0 Å². The van der Waals surface area contributed by atoms with Crippen LogP contribution < -0.4 is 0 Å². The molecule has 1 aromatic carbocycles. The average Bonchev–Trinajstić information content (AvgIpc) is 2.18. The van der Waals surface area contributed by atoms with Crippen LogP contribution in [0.2, 0.25) is 0 Å². The summed E-state index contributed by atoms with van der Waals surface area (Å²) < 4.78 is 0. The number of allylic oxidation sites excluding steroid dienone is 1. The van der Waals surface area contributed by atoms with Crippen LogP contribution in [-0.4, -0.2) is 5.78 Å². The maximum Gasteiger partial charge on any atom is 0.193 e. The van der Waals surface area contributed by atoms with Crippen molar-refractivity contribution in [2.75, 3.05) is 0 Å². The minimum absolute atomic E-state index is 0.201. The fourth-order valence-corrected chi connectivity index (χ4v) is 0.891. The van der Waals surface area contributed by atoms with Gasteiger partial charge < -0.3 is 0 Å². The average molecular weight is 160 g/mol. The normalized spacial score (nSPS) is 10.9. The second kappa shape index (κ2) is 3.86. The minimum Gasteiger partial charge on any atom is -0.289 e. The third-order valence-electron chi connectivity index (χ3n) is 1.68. The van der Waals surface area contributed by atoms with Crippen molar-refractivity contribution in [3.05, 3.63) is 48.0 Å². The molecule has 0 spiro atoms. The van der Waals surface area contributed by atoms with Crippen molar-refractivity contribution in [3.8, 4) is 0 Å². The van der Waals surface area contributed by atoms with Gasteiger partial charge in [-0.25, -0.2) is 0 Å². The van der Waals surface area contributed by atoms with Gasteiger partial charge in [0.2, 0.25) is 0 Å². The summed E-state index contributed by atoms with van der Waals surface area (Å²) in [5.41, 5.74) is 1.70. The first-order valence-corrected chi connectivity index (χ1v) is 4.05. The molecule has 0 amide bonds. The van der Waals surface area contributed by atoms with Gasteiger partial charge in [-0.3, -0.25) is 4.79 Å². The molecule has 12 heavy (non-hydrogen) atoms. The molecular formula is C11H12O. The summed E-state index contributed by atoms with van der Waals surface area (Å²) in [5.74, 6) is 0.201. The van der Waals surface area contributed by atoms with Crippen molar-refractivity contribution in [1.29, 1.82) is 0 Å². The maximum atomic E-state index is 10.7. The lowest BCUT2D eigenvalue weighted by Crippen LogP contribution is -2.10. The summed E-state index contributed by atoms with van der Waals surface area (Å²) in [7, 11) is 0. The molecule has 0 saturated heterocycles. The number of rotatable bonds is 1. The third-order valence-corrected chi connectivity index (χ3v) is 1.68. The Balaban J connectivity index is 0.000000157. The second-order valence-corrected chi connectivity index (χ2v) is 2.61. The highest BCUT2D eigenvalue weighted by atomic mass is 16.1. The van der Waals surface area contributed by atoms with E-state index in [0.29, 0.717) is 0 Å². The molecule has 0 N–H and O–H groups in total. The Morgan fingerprint density at radius 3 is 2.08 bits per heavy atom. The molecule has 2 aliphatic carbocycles. The number of carbonyl (C=O) groups excluding carboxylic acids is 1. The lowest BCUT2D eigenvalue weighted by Gasteiger charge is -2.10. The standard InChI is InChI=1S/C7H4O.C4H8/c8-7-5-2-1-3-6(7)4-5;1-3-4-2/h1-4H;3H,1,4H2,2H3. The number of hydrogen-bond acceptors (Lipinski definition) is 1. The van der Waals surface area contributed by atoms with Crippen molar-refractivity contribution < 1.29 is 4.79 Å².